The van der Waals surface area contributed by atoms with Gasteiger partial charge in [-0.1, -0.05) is 137 Å². The normalized spacial score (nSPS) is 10.8. The molecule has 0 aliphatic rings. The minimum Gasteiger partial charge on any atom is -0.228 e. The summed E-state index contributed by atoms with van der Waals surface area (Å²) in [5.41, 5.74) is 9.63. The summed E-state index contributed by atoms with van der Waals surface area (Å²) < 4.78 is 1.07. The van der Waals surface area contributed by atoms with Gasteiger partial charge >= 0.3 is 0 Å². The third-order valence-corrected chi connectivity index (χ3v) is 6.88. The van der Waals surface area contributed by atoms with Crippen LogP contribution in [0.1, 0.15) is 0 Å². The molecule has 3 heteroatoms. The smallest absolute Gasteiger partial charge is 0.160 e. The summed E-state index contributed by atoms with van der Waals surface area (Å²) in [5, 5.41) is 0. The molecule has 0 unspecified atom stereocenters. The Hall–Kier alpha value is -4.34. The van der Waals surface area contributed by atoms with Gasteiger partial charge in [-0.2, -0.15) is 0 Å². The topological polar surface area (TPSA) is 25.8 Å². The molecular weight excluding hydrogens is 516 g/mol. The van der Waals surface area contributed by atoms with E-state index >= 15 is 0 Å². The van der Waals surface area contributed by atoms with Crippen LogP contribution in [0, 0.1) is 0 Å². The summed E-state index contributed by atoms with van der Waals surface area (Å²) in [6, 6.07) is 48.1. The van der Waals surface area contributed by atoms with E-state index in [1.807, 2.05) is 30.3 Å². The second-order valence-corrected chi connectivity index (χ2v) is 9.77. The molecule has 0 fully saturated rings. The molecule has 6 rings (SSSR count). The maximum Gasteiger partial charge on any atom is 0.160 e. The molecule has 0 saturated carbocycles. The van der Waals surface area contributed by atoms with Gasteiger partial charge in [0, 0.05) is 21.2 Å². The van der Waals surface area contributed by atoms with Crippen LogP contribution in [-0.2, 0) is 0 Å². The Morgan fingerprint density at radius 1 is 0.351 bits per heavy atom. The van der Waals surface area contributed by atoms with Crippen molar-refractivity contribution in [3.63, 3.8) is 0 Å². The summed E-state index contributed by atoms with van der Waals surface area (Å²) in [5.74, 6) is 0.712. The van der Waals surface area contributed by atoms with E-state index in [-0.39, 0.29) is 0 Å². The molecule has 0 aliphatic heterocycles. The molecule has 0 radical (unpaired) electrons. The quantitative estimate of drug-likeness (QED) is 0.218. The van der Waals surface area contributed by atoms with Gasteiger partial charge in [0.2, 0.25) is 0 Å². The van der Waals surface area contributed by atoms with Crippen LogP contribution in [0.15, 0.2) is 144 Å². The van der Waals surface area contributed by atoms with Crippen molar-refractivity contribution in [2.24, 2.45) is 0 Å². The fourth-order valence-corrected chi connectivity index (χ4v) is 4.82. The van der Waals surface area contributed by atoms with E-state index in [0.717, 1.165) is 38.1 Å². The Morgan fingerprint density at radius 3 is 1.38 bits per heavy atom. The number of nitrogens with zero attached hydrogens (tertiary/aromatic N) is 2. The number of rotatable bonds is 5. The highest BCUT2D eigenvalue weighted by Crippen LogP contribution is 2.30. The van der Waals surface area contributed by atoms with Crippen molar-refractivity contribution in [1.82, 2.24) is 9.97 Å². The molecule has 37 heavy (non-hydrogen) atoms. The van der Waals surface area contributed by atoms with Crippen LogP contribution in [0.5, 0.6) is 0 Å². The predicted octanol–water partition coefficient (Wildman–Crippen LogP) is 9.57. The van der Waals surface area contributed by atoms with Crippen LogP contribution < -0.4 is 0 Å². The highest BCUT2D eigenvalue weighted by atomic mass is 79.9. The van der Waals surface area contributed by atoms with E-state index in [1.54, 1.807) is 0 Å². The Morgan fingerprint density at radius 2 is 0.784 bits per heavy atom. The van der Waals surface area contributed by atoms with E-state index in [2.05, 4.69) is 125 Å². The lowest BCUT2D eigenvalue weighted by Gasteiger charge is -2.11. The van der Waals surface area contributed by atoms with Gasteiger partial charge in [-0.3, -0.25) is 0 Å². The van der Waals surface area contributed by atoms with E-state index in [4.69, 9.17) is 9.97 Å². The molecule has 2 nitrogen and oxygen atoms in total. The molecule has 1 heterocycles. The van der Waals surface area contributed by atoms with Crippen LogP contribution in [0.2, 0.25) is 0 Å². The molecule has 1 aromatic heterocycles. The zero-order chi connectivity index (χ0) is 25.0. The molecule has 0 N–H and O–H groups in total. The van der Waals surface area contributed by atoms with Gasteiger partial charge < -0.3 is 0 Å². The van der Waals surface area contributed by atoms with E-state index in [1.165, 1.54) is 16.7 Å². The molecule has 0 aliphatic carbocycles. The maximum atomic E-state index is 5.00. The lowest BCUT2D eigenvalue weighted by Crippen LogP contribution is -1.96. The third kappa shape index (κ3) is 5.13. The Balaban J connectivity index is 1.41. The first-order valence-corrected chi connectivity index (χ1v) is 13.0. The number of hydrogen-bond acceptors (Lipinski definition) is 2. The lowest BCUT2D eigenvalue weighted by atomic mass is 10.0. The van der Waals surface area contributed by atoms with Gasteiger partial charge in [-0.05, 0) is 40.5 Å². The molecule has 6 aromatic rings. The van der Waals surface area contributed by atoms with Gasteiger partial charge in [-0.25, -0.2) is 9.97 Å². The number of halogens is 1. The van der Waals surface area contributed by atoms with Crippen molar-refractivity contribution < 1.29 is 0 Å². The molecule has 176 valence electrons. The Kier molecular flexibility index (Phi) is 6.45. The summed E-state index contributed by atoms with van der Waals surface area (Å²) in [4.78, 5) is 9.96. The van der Waals surface area contributed by atoms with Gasteiger partial charge in [0.15, 0.2) is 5.82 Å². The van der Waals surface area contributed by atoms with Gasteiger partial charge in [0.1, 0.15) is 0 Å². The van der Waals surface area contributed by atoms with Crippen molar-refractivity contribution in [2.75, 3.05) is 0 Å². The lowest BCUT2D eigenvalue weighted by molar-refractivity contribution is 1.18. The Bertz CT molecular complexity index is 1640. The monoisotopic (exact) mass is 538 g/mol. The fourth-order valence-electron chi connectivity index (χ4n) is 4.42. The molecule has 0 bridgehead atoms. The molecule has 0 spiro atoms. The highest BCUT2D eigenvalue weighted by molar-refractivity contribution is 9.10. The summed E-state index contributed by atoms with van der Waals surface area (Å²) in [6.45, 7) is 0. The van der Waals surface area contributed by atoms with Gasteiger partial charge in [-0.15, -0.1) is 0 Å². The first-order valence-electron chi connectivity index (χ1n) is 12.2. The first-order chi connectivity index (χ1) is 18.2. The molecular formula is C34H23BrN2. The van der Waals surface area contributed by atoms with Crippen LogP contribution >= 0.6 is 15.9 Å². The molecule has 5 aromatic carbocycles. The molecule has 0 amide bonds. The van der Waals surface area contributed by atoms with Crippen LogP contribution in [0.3, 0.4) is 0 Å². The SMILES string of the molecule is Brc1cccc(-c2ccc(-c3nc(-c4ccccc4)cc(-c4ccc(-c5ccccc5)cc4)n3)cc2)c1. The second kappa shape index (κ2) is 10.3. The molecule has 0 saturated heterocycles. The standard InChI is InChI=1S/C34H23BrN2/c35-31-13-7-12-30(22-31)26-16-20-29(21-17-26)34-36-32(27-10-5-2-6-11-27)23-33(37-34)28-18-14-25(15-19-28)24-8-3-1-4-9-24/h1-23H. The van der Waals surface area contributed by atoms with Gasteiger partial charge in [0.05, 0.1) is 11.4 Å². The minimum atomic E-state index is 0.712. The minimum absolute atomic E-state index is 0.712. The molecule has 0 atom stereocenters. The average molecular weight is 539 g/mol. The van der Waals surface area contributed by atoms with Crippen LogP contribution in [-0.4, -0.2) is 9.97 Å². The van der Waals surface area contributed by atoms with E-state index in [0.29, 0.717) is 5.82 Å². The van der Waals surface area contributed by atoms with Crippen molar-refractivity contribution >= 4 is 15.9 Å². The largest absolute Gasteiger partial charge is 0.228 e. The summed E-state index contributed by atoms with van der Waals surface area (Å²) in [6.07, 6.45) is 0. The van der Waals surface area contributed by atoms with Crippen LogP contribution in [0.4, 0.5) is 0 Å². The zero-order valence-corrected chi connectivity index (χ0v) is 21.6. The highest BCUT2D eigenvalue weighted by Gasteiger charge is 2.11. The third-order valence-electron chi connectivity index (χ3n) is 6.38. The summed E-state index contributed by atoms with van der Waals surface area (Å²) >= 11 is 3.57. The van der Waals surface area contributed by atoms with E-state index < -0.39 is 0 Å². The van der Waals surface area contributed by atoms with Crippen molar-refractivity contribution in [3.05, 3.63) is 144 Å². The first kappa shape index (κ1) is 23.1. The average Bonchev–Trinajstić information content (AvgIpc) is 2.98. The zero-order valence-electron chi connectivity index (χ0n) is 20.1. The van der Waals surface area contributed by atoms with E-state index in [9.17, 15) is 0 Å². The number of hydrogen-bond donors (Lipinski definition) is 0. The van der Waals surface area contributed by atoms with Crippen molar-refractivity contribution in [2.45, 2.75) is 0 Å². The van der Waals surface area contributed by atoms with Gasteiger partial charge in [0.25, 0.3) is 0 Å². The number of benzene rings is 5. The summed E-state index contributed by atoms with van der Waals surface area (Å²) in [7, 11) is 0. The number of aromatic nitrogens is 2. The van der Waals surface area contributed by atoms with Crippen molar-refractivity contribution in [1.29, 1.82) is 0 Å². The Labute approximate surface area is 225 Å². The maximum absolute atomic E-state index is 5.00. The van der Waals surface area contributed by atoms with Crippen molar-refractivity contribution in [3.8, 4) is 56.2 Å². The predicted molar refractivity (Wildman–Crippen MR) is 157 cm³/mol. The fraction of sp³-hybridized carbons (Fsp3) is 0. The second-order valence-electron chi connectivity index (χ2n) is 8.86. The van der Waals surface area contributed by atoms with Crippen LogP contribution in [0.25, 0.3) is 56.2 Å².